The van der Waals surface area contributed by atoms with Crippen LogP contribution in [0.2, 0.25) is 0 Å². The van der Waals surface area contributed by atoms with Gasteiger partial charge in [0, 0.05) is 16.7 Å². The fraction of sp³-hybridized carbons (Fsp3) is 0. The van der Waals surface area contributed by atoms with E-state index in [-0.39, 0.29) is 0 Å². The number of hydrogen-bond donors (Lipinski definition) is 0. The zero-order valence-corrected chi connectivity index (χ0v) is 26.1. The second kappa shape index (κ2) is 11.7. The Bertz CT molecular complexity index is 2470. The Morgan fingerprint density at radius 2 is 0.542 bits per heavy atom. The first kappa shape index (κ1) is 27.8. The van der Waals surface area contributed by atoms with E-state index >= 15 is 0 Å². The van der Waals surface area contributed by atoms with E-state index in [1.807, 2.05) is 12.1 Å². The molecule has 0 fully saturated rings. The molecule has 224 valence electrons. The third-order valence-electron chi connectivity index (χ3n) is 9.09. The zero-order valence-electron chi connectivity index (χ0n) is 26.1. The van der Waals surface area contributed by atoms with Crippen molar-refractivity contribution in [3.8, 4) is 56.4 Å². The van der Waals surface area contributed by atoms with Crippen LogP contribution < -0.4 is 0 Å². The van der Waals surface area contributed by atoms with E-state index in [1.54, 1.807) is 0 Å². The van der Waals surface area contributed by atoms with Gasteiger partial charge >= 0.3 is 0 Å². The summed E-state index contributed by atoms with van der Waals surface area (Å²) < 4.78 is 0. The lowest BCUT2D eigenvalue weighted by Gasteiger charge is -2.13. The lowest BCUT2D eigenvalue weighted by molar-refractivity contribution is 1.07. The van der Waals surface area contributed by atoms with E-state index in [2.05, 4.69) is 164 Å². The molecule has 0 aliphatic carbocycles. The molecule has 0 unspecified atom stereocenters. The summed E-state index contributed by atoms with van der Waals surface area (Å²) in [6, 6.07) is 61.6. The molecule has 0 saturated carbocycles. The van der Waals surface area contributed by atoms with E-state index in [1.165, 1.54) is 32.3 Å². The first-order valence-electron chi connectivity index (χ1n) is 16.2. The van der Waals surface area contributed by atoms with Crippen molar-refractivity contribution in [1.29, 1.82) is 0 Å². The van der Waals surface area contributed by atoms with Crippen molar-refractivity contribution >= 4 is 32.3 Å². The molecular weight excluding hydrogens is 583 g/mol. The second-order valence-electron chi connectivity index (χ2n) is 12.1. The fourth-order valence-corrected chi connectivity index (χ4v) is 6.75. The van der Waals surface area contributed by atoms with Crippen molar-refractivity contribution in [2.24, 2.45) is 0 Å². The lowest BCUT2D eigenvalue weighted by Crippen LogP contribution is -2.00. The maximum atomic E-state index is 5.14. The van der Waals surface area contributed by atoms with Gasteiger partial charge < -0.3 is 0 Å². The Labute approximate surface area is 278 Å². The first-order chi connectivity index (χ1) is 23.8. The van der Waals surface area contributed by atoms with Crippen LogP contribution in [0.1, 0.15) is 0 Å². The van der Waals surface area contributed by atoms with E-state index in [9.17, 15) is 0 Å². The highest BCUT2D eigenvalue weighted by molar-refractivity contribution is 6.25. The average molecular weight is 612 g/mol. The SMILES string of the molecule is c1ccc(-c2cccc(-c3nc(-c4cccc(-c5ccccc5)c4)nc(-c4ccc5c6ccccc6c6ccccc6c5c4)n3)c2)cc1. The van der Waals surface area contributed by atoms with Crippen LogP contribution in [0.25, 0.3) is 88.7 Å². The van der Waals surface area contributed by atoms with Gasteiger partial charge in [-0.2, -0.15) is 0 Å². The lowest BCUT2D eigenvalue weighted by atomic mass is 9.93. The minimum atomic E-state index is 0.640. The minimum absolute atomic E-state index is 0.640. The van der Waals surface area contributed by atoms with Gasteiger partial charge in [-0.3, -0.25) is 0 Å². The Morgan fingerprint density at radius 3 is 1.00 bits per heavy atom. The summed E-state index contributed by atoms with van der Waals surface area (Å²) in [6.07, 6.45) is 0. The number of benzene rings is 8. The molecule has 3 heteroatoms. The van der Waals surface area contributed by atoms with Crippen LogP contribution in [-0.2, 0) is 0 Å². The Hall–Kier alpha value is -6.45. The van der Waals surface area contributed by atoms with Crippen LogP contribution in [0.5, 0.6) is 0 Å². The largest absolute Gasteiger partial charge is 0.208 e. The highest BCUT2D eigenvalue weighted by atomic mass is 15.0. The Kier molecular flexibility index (Phi) is 6.80. The van der Waals surface area contributed by atoms with Crippen LogP contribution in [0, 0.1) is 0 Å². The highest BCUT2D eigenvalue weighted by Crippen LogP contribution is 2.37. The fourth-order valence-electron chi connectivity index (χ4n) is 6.75. The molecule has 0 saturated heterocycles. The van der Waals surface area contributed by atoms with Gasteiger partial charge in [-0.15, -0.1) is 0 Å². The molecule has 9 rings (SSSR count). The highest BCUT2D eigenvalue weighted by Gasteiger charge is 2.16. The molecule has 0 N–H and O–H groups in total. The predicted octanol–water partition coefficient (Wildman–Crippen LogP) is 11.7. The third kappa shape index (κ3) is 4.99. The van der Waals surface area contributed by atoms with Gasteiger partial charge in [0.2, 0.25) is 0 Å². The first-order valence-corrected chi connectivity index (χ1v) is 16.2. The van der Waals surface area contributed by atoms with E-state index < -0.39 is 0 Å². The topological polar surface area (TPSA) is 38.7 Å². The van der Waals surface area contributed by atoms with Gasteiger partial charge in [-0.05, 0) is 72.8 Å². The summed E-state index contributed by atoms with van der Waals surface area (Å²) in [6.45, 7) is 0. The van der Waals surface area contributed by atoms with Crippen molar-refractivity contribution in [3.63, 3.8) is 0 Å². The smallest absolute Gasteiger partial charge is 0.164 e. The number of hydrogen-bond acceptors (Lipinski definition) is 3. The number of nitrogens with zero attached hydrogens (tertiary/aromatic N) is 3. The van der Waals surface area contributed by atoms with Crippen molar-refractivity contribution in [3.05, 3.63) is 176 Å². The molecule has 0 bridgehead atoms. The molecule has 1 aromatic heterocycles. The number of fused-ring (bicyclic) bond motifs is 6. The molecular formula is C45H29N3. The van der Waals surface area contributed by atoms with Crippen LogP contribution in [0.4, 0.5) is 0 Å². The van der Waals surface area contributed by atoms with Crippen molar-refractivity contribution in [1.82, 2.24) is 15.0 Å². The summed E-state index contributed by atoms with van der Waals surface area (Å²) in [5.74, 6) is 1.92. The van der Waals surface area contributed by atoms with Gasteiger partial charge in [0.25, 0.3) is 0 Å². The van der Waals surface area contributed by atoms with Gasteiger partial charge in [0.05, 0.1) is 0 Å². The third-order valence-corrected chi connectivity index (χ3v) is 9.09. The number of aromatic nitrogens is 3. The molecule has 0 aliphatic rings. The van der Waals surface area contributed by atoms with E-state index in [4.69, 9.17) is 15.0 Å². The second-order valence-corrected chi connectivity index (χ2v) is 12.1. The van der Waals surface area contributed by atoms with Crippen LogP contribution >= 0.6 is 0 Å². The standard InChI is InChI=1S/C45H29N3/c1-3-13-30(14-4-1)32-17-11-19-34(27-32)43-46-44(35-20-12-18-33(28-35)31-15-5-2-6-16-31)48-45(47-43)36-25-26-41-39-23-8-7-21-37(39)38-22-9-10-24-40(38)42(41)29-36/h1-29H. The van der Waals surface area contributed by atoms with Crippen LogP contribution in [0.3, 0.4) is 0 Å². The molecule has 9 aromatic rings. The molecule has 1 heterocycles. The summed E-state index contributed by atoms with van der Waals surface area (Å²) in [5, 5.41) is 7.36. The van der Waals surface area contributed by atoms with Gasteiger partial charge in [-0.1, -0.05) is 158 Å². The molecule has 0 atom stereocenters. The monoisotopic (exact) mass is 611 g/mol. The van der Waals surface area contributed by atoms with Crippen LogP contribution in [-0.4, -0.2) is 15.0 Å². The summed E-state index contributed by atoms with van der Waals surface area (Å²) in [5.41, 5.74) is 7.37. The van der Waals surface area contributed by atoms with Gasteiger partial charge in [-0.25, -0.2) is 15.0 Å². The summed E-state index contributed by atoms with van der Waals surface area (Å²) in [4.78, 5) is 15.4. The van der Waals surface area contributed by atoms with Gasteiger partial charge in [0.15, 0.2) is 17.5 Å². The maximum Gasteiger partial charge on any atom is 0.164 e. The zero-order chi connectivity index (χ0) is 31.9. The Morgan fingerprint density at radius 1 is 0.208 bits per heavy atom. The summed E-state index contributed by atoms with van der Waals surface area (Å²) in [7, 11) is 0. The minimum Gasteiger partial charge on any atom is -0.208 e. The molecule has 0 spiro atoms. The van der Waals surface area contributed by atoms with E-state index in [0.717, 1.165) is 38.9 Å². The molecule has 0 amide bonds. The number of rotatable bonds is 5. The molecule has 48 heavy (non-hydrogen) atoms. The molecule has 8 aromatic carbocycles. The van der Waals surface area contributed by atoms with E-state index in [0.29, 0.717) is 17.5 Å². The quantitative estimate of drug-likeness (QED) is 0.182. The van der Waals surface area contributed by atoms with Crippen molar-refractivity contribution in [2.45, 2.75) is 0 Å². The van der Waals surface area contributed by atoms with Gasteiger partial charge in [0.1, 0.15) is 0 Å². The normalized spacial score (nSPS) is 11.3. The molecule has 0 aliphatic heterocycles. The average Bonchev–Trinajstić information content (AvgIpc) is 3.18. The van der Waals surface area contributed by atoms with Crippen molar-refractivity contribution < 1.29 is 0 Å². The Balaban J connectivity index is 1.26. The van der Waals surface area contributed by atoms with Crippen LogP contribution in [0.15, 0.2) is 176 Å². The predicted molar refractivity (Wildman–Crippen MR) is 200 cm³/mol. The molecule has 0 radical (unpaired) electrons. The molecule has 3 nitrogen and oxygen atoms in total. The summed E-state index contributed by atoms with van der Waals surface area (Å²) >= 11 is 0. The van der Waals surface area contributed by atoms with Crippen molar-refractivity contribution in [2.75, 3.05) is 0 Å². The maximum absolute atomic E-state index is 5.14.